The Balaban J connectivity index is 1.37. The van der Waals surface area contributed by atoms with Crippen LogP contribution in [0, 0.1) is 13.8 Å². The highest BCUT2D eigenvalue weighted by atomic mass is 16.5. The smallest absolute Gasteiger partial charge is 0.324 e. The van der Waals surface area contributed by atoms with E-state index in [2.05, 4.69) is 15.7 Å². The number of aromatic nitrogens is 2. The molecule has 0 radical (unpaired) electrons. The second-order valence-corrected chi connectivity index (χ2v) is 7.79. The number of carbonyl (C=O) groups is 2. The number of nitrogens with one attached hydrogen (secondary N) is 2. The van der Waals surface area contributed by atoms with Gasteiger partial charge in [-0.05, 0) is 44.9 Å². The molecule has 2 N–H and O–H groups in total. The van der Waals surface area contributed by atoms with Gasteiger partial charge in [-0.2, -0.15) is 5.10 Å². The van der Waals surface area contributed by atoms with Gasteiger partial charge in [0, 0.05) is 19.2 Å². The largest absolute Gasteiger partial charge is 0.495 e. The van der Waals surface area contributed by atoms with Crippen LogP contribution in [0.25, 0.3) is 0 Å². The zero-order chi connectivity index (χ0) is 22.7. The number of ether oxygens (including phenoxy) is 1. The van der Waals surface area contributed by atoms with Crippen molar-refractivity contribution in [1.29, 1.82) is 0 Å². The fourth-order valence-corrected chi connectivity index (χ4v) is 4.05. The predicted octanol–water partition coefficient (Wildman–Crippen LogP) is 4.22. The Hall–Kier alpha value is -3.75. The maximum Gasteiger partial charge on any atom is 0.324 e. The number of anilines is 2. The predicted molar refractivity (Wildman–Crippen MR) is 120 cm³/mol. The minimum atomic E-state index is -0.380. The topological polar surface area (TPSA) is 102 Å². The Morgan fingerprint density at radius 2 is 1.88 bits per heavy atom. The van der Waals surface area contributed by atoms with Crippen LogP contribution in [-0.4, -0.2) is 46.8 Å². The summed E-state index contributed by atoms with van der Waals surface area (Å²) in [5.41, 5.74) is 1.20. The van der Waals surface area contributed by atoms with Gasteiger partial charge in [0.05, 0.1) is 30.6 Å². The number of furan rings is 1. The zero-order valence-corrected chi connectivity index (χ0v) is 18.4. The van der Waals surface area contributed by atoms with E-state index < -0.39 is 0 Å². The quantitative estimate of drug-likeness (QED) is 0.622. The molecule has 1 fully saturated rings. The summed E-state index contributed by atoms with van der Waals surface area (Å²) in [4.78, 5) is 27.2. The summed E-state index contributed by atoms with van der Waals surface area (Å²) < 4.78 is 12.6. The lowest BCUT2D eigenvalue weighted by Gasteiger charge is -2.32. The molecule has 9 nitrogen and oxygen atoms in total. The molecule has 2 aromatic heterocycles. The number of benzene rings is 1. The van der Waals surface area contributed by atoms with E-state index in [1.54, 1.807) is 37.6 Å². The van der Waals surface area contributed by atoms with Crippen LogP contribution in [0.2, 0.25) is 0 Å². The Kier molecular flexibility index (Phi) is 6.16. The minimum absolute atomic E-state index is 0.00667. The molecule has 1 aliphatic rings. The number of aryl methyl sites for hydroxylation is 2. The van der Waals surface area contributed by atoms with E-state index in [0.717, 1.165) is 18.6 Å². The molecule has 3 heterocycles. The zero-order valence-electron chi connectivity index (χ0n) is 18.4. The fourth-order valence-electron chi connectivity index (χ4n) is 4.05. The van der Waals surface area contributed by atoms with Gasteiger partial charge in [0.2, 0.25) is 0 Å². The number of hydrogen-bond donors (Lipinski definition) is 2. The average Bonchev–Trinajstić information content (AvgIpc) is 3.39. The SMILES string of the molecule is COc1ccccc1NC(=O)Nc1ccnn1C1CCN(C(=O)c2cc(C)oc2C)CC1. The number of urea groups is 1. The van der Waals surface area contributed by atoms with E-state index in [1.165, 1.54) is 0 Å². The normalized spacial score (nSPS) is 14.3. The van der Waals surface area contributed by atoms with Crippen molar-refractivity contribution in [3.05, 3.63) is 59.7 Å². The molecule has 1 saturated heterocycles. The van der Waals surface area contributed by atoms with Crippen LogP contribution in [0.4, 0.5) is 16.3 Å². The summed E-state index contributed by atoms with van der Waals surface area (Å²) in [5.74, 6) is 2.56. The van der Waals surface area contributed by atoms with Crippen LogP contribution in [-0.2, 0) is 0 Å². The second kappa shape index (κ2) is 9.17. The minimum Gasteiger partial charge on any atom is -0.495 e. The van der Waals surface area contributed by atoms with Crippen LogP contribution in [0.5, 0.6) is 5.75 Å². The molecule has 1 aliphatic heterocycles. The van der Waals surface area contributed by atoms with Crippen molar-refractivity contribution in [1.82, 2.24) is 14.7 Å². The highest BCUT2D eigenvalue weighted by molar-refractivity contribution is 6.00. The summed E-state index contributed by atoms with van der Waals surface area (Å²) in [5, 5.41) is 10.1. The average molecular weight is 438 g/mol. The van der Waals surface area contributed by atoms with E-state index in [9.17, 15) is 9.59 Å². The third kappa shape index (κ3) is 4.46. The van der Waals surface area contributed by atoms with Crippen LogP contribution in [0.1, 0.15) is 40.8 Å². The highest BCUT2D eigenvalue weighted by Crippen LogP contribution is 2.28. The summed E-state index contributed by atoms with van der Waals surface area (Å²) in [6.45, 7) is 4.87. The van der Waals surface area contributed by atoms with Gasteiger partial charge in [0.25, 0.3) is 5.91 Å². The number of carbonyl (C=O) groups excluding carboxylic acids is 2. The van der Waals surface area contributed by atoms with Gasteiger partial charge in [-0.1, -0.05) is 12.1 Å². The Morgan fingerprint density at radius 3 is 2.56 bits per heavy atom. The third-order valence-corrected chi connectivity index (χ3v) is 5.64. The lowest BCUT2D eigenvalue weighted by atomic mass is 10.0. The molecule has 3 amide bonds. The van der Waals surface area contributed by atoms with Crippen molar-refractivity contribution in [2.75, 3.05) is 30.8 Å². The number of para-hydroxylation sites is 2. The molecule has 3 aromatic rings. The first-order valence-corrected chi connectivity index (χ1v) is 10.6. The molecule has 0 aliphatic carbocycles. The molecule has 32 heavy (non-hydrogen) atoms. The first-order valence-electron chi connectivity index (χ1n) is 10.6. The lowest BCUT2D eigenvalue weighted by molar-refractivity contribution is 0.0689. The fraction of sp³-hybridized carbons (Fsp3) is 0.348. The summed E-state index contributed by atoms with van der Waals surface area (Å²) >= 11 is 0. The molecule has 0 atom stereocenters. The molecule has 0 unspecified atom stereocenters. The van der Waals surface area contributed by atoms with Crippen LogP contribution >= 0.6 is 0 Å². The van der Waals surface area contributed by atoms with Crippen molar-refractivity contribution >= 4 is 23.4 Å². The molecule has 0 spiro atoms. The molecule has 0 bridgehead atoms. The molecular weight excluding hydrogens is 410 g/mol. The number of amides is 3. The van der Waals surface area contributed by atoms with Gasteiger partial charge in [-0.25, -0.2) is 9.48 Å². The number of nitrogens with zero attached hydrogens (tertiary/aromatic N) is 3. The Morgan fingerprint density at radius 1 is 1.12 bits per heavy atom. The van der Waals surface area contributed by atoms with Gasteiger partial charge in [-0.15, -0.1) is 0 Å². The van der Waals surface area contributed by atoms with Crippen molar-refractivity contribution in [3.8, 4) is 5.75 Å². The number of likely N-dealkylation sites (tertiary alicyclic amines) is 1. The monoisotopic (exact) mass is 437 g/mol. The first-order chi connectivity index (χ1) is 15.5. The maximum absolute atomic E-state index is 12.8. The van der Waals surface area contributed by atoms with Gasteiger partial charge in [-0.3, -0.25) is 10.1 Å². The number of methoxy groups -OCH3 is 1. The Bertz CT molecular complexity index is 1110. The molecule has 4 rings (SSSR count). The second-order valence-electron chi connectivity index (χ2n) is 7.79. The van der Waals surface area contributed by atoms with Crippen LogP contribution in [0.15, 0.2) is 47.0 Å². The highest BCUT2D eigenvalue weighted by Gasteiger charge is 2.28. The van der Waals surface area contributed by atoms with E-state index in [-0.39, 0.29) is 18.0 Å². The van der Waals surface area contributed by atoms with E-state index >= 15 is 0 Å². The van der Waals surface area contributed by atoms with Crippen molar-refractivity contribution in [2.45, 2.75) is 32.7 Å². The first kappa shape index (κ1) is 21.5. The summed E-state index contributed by atoms with van der Waals surface area (Å²) in [6.07, 6.45) is 3.14. The van der Waals surface area contributed by atoms with Gasteiger partial charge in [0.15, 0.2) is 0 Å². The van der Waals surface area contributed by atoms with Gasteiger partial charge >= 0.3 is 6.03 Å². The molecule has 1 aromatic carbocycles. The molecular formula is C23H27N5O4. The van der Waals surface area contributed by atoms with Gasteiger partial charge < -0.3 is 19.4 Å². The number of hydrogen-bond acceptors (Lipinski definition) is 5. The lowest BCUT2D eigenvalue weighted by Crippen LogP contribution is -2.39. The maximum atomic E-state index is 12.8. The van der Waals surface area contributed by atoms with Crippen LogP contribution in [0.3, 0.4) is 0 Å². The number of rotatable bonds is 5. The third-order valence-electron chi connectivity index (χ3n) is 5.64. The van der Waals surface area contributed by atoms with E-state index in [1.807, 2.05) is 35.6 Å². The summed E-state index contributed by atoms with van der Waals surface area (Å²) in [7, 11) is 1.56. The molecule has 0 saturated carbocycles. The van der Waals surface area contributed by atoms with Gasteiger partial charge in [0.1, 0.15) is 23.1 Å². The van der Waals surface area contributed by atoms with Crippen molar-refractivity contribution < 1.29 is 18.7 Å². The van der Waals surface area contributed by atoms with E-state index in [4.69, 9.17) is 9.15 Å². The van der Waals surface area contributed by atoms with Crippen molar-refractivity contribution in [2.24, 2.45) is 0 Å². The molecule has 168 valence electrons. The van der Waals surface area contributed by atoms with E-state index in [0.29, 0.717) is 41.7 Å². The van der Waals surface area contributed by atoms with Crippen molar-refractivity contribution in [3.63, 3.8) is 0 Å². The molecule has 9 heteroatoms. The number of piperidine rings is 1. The van der Waals surface area contributed by atoms with Crippen LogP contribution < -0.4 is 15.4 Å². The summed E-state index contributed by atoms with van der Waals surface area (Å²) in [6, 6.07) is 10.5. The Labute approximate surface area is 186 Å². The standard InChI is InChI=1S/C23H27N5O4/c1-15-14-18(16(2)32-15)22(29)27-12-9-17(10-13-27)28-21(8-11-24-28)26-23(30)25-19-6-4-5-7-20(19)31-3/h4-8,11,14,17H,9-10,12-13H2,1-3H3,(H2,25,26,30).